The van der Waals surface area contributed by atoms with Gasteiger partial charge in [-0.3, -0.25) is 0 Å². The Labute approximate surface area is 62.9 Å². The van der Waals surface area contributed by atoms with Crippen molar-refractivity contribution in [3.05, 3.63) is 0 Å². The summed E-state index contributed by atoms with van der Waals surface area (Å²) in [5, 5.41) is 0.264. The van der Waals surface area contributed by atoms with Crippen LogP contribution in [-0.4, -0.2) is 24.5 Å². The molecular formula is C6H18OSi2. The Kier molecular flexibility index (Phi) is 3.69. The van der Waals surface area contributed by atoms with Gasteiger partial charge >= 0.3 is 0 Å². The van der Waals surface area contributed by atoms with E-state index < -0.39 is 9.04 Å². The fourth-order valence-electron chi connectivity index (χ4n) is 0.721. The molecule has 0 N–H and O–H groups in total. The Bertz CT molecular complexity index is 81.1. The zero-order valence-electron chi connectivity index (χ0n) is 7.19. The van der Waals surface area contributed by atoms with Gasteiger partial charge < -0.3 is 4.43 Å². The zero-order chi connectivity index (χ0) is 7.49. The van der Waals surface area contributed by atoms with Crippen molar-refractivity contribution in [1.82, 2.24) is 0 Å². The normalized spacial score (nSPS) is 18.3. The predicted molar refractivity (Wildman–Crippen MR) is 48.6 cm³/mol. The van der Waals surface area contributed by atoms with Crippen LogP contribution in [0.3, 0.4) is 0 Å². The monoisotopic (exact) mass is 162 g/mol. The Morgan fingerprint density at radius 2 is 2.00 bits per heavy atom. The van der Waals surface area contributed by atoms with Crippen LogP contribution in [0.2, 0.25) is 13.1 Å². The Morgan fingerprint density at radius 3 is 2.11 bits per heavy atom. The largest absolute Gasteiger partial charge is 0.419 e. The summed E-state index contributed by atoms with van der Waals surface area (Å²) in [5.41, 5.74) is 0. The minimum absolute atomic E-state index is 0.264. The van der Waals surface area contributed by atoms with Gasteiger partial charge in [0, 0.05) is 15.5 Å². The molecule has 0 heterocycles. The lowest BCUT2D eigenvalue weighted by molar-refractivity contribution is 0.175. The number of hydrogen-bond acceptors (Lipinski definition) is 1. The van der Waals surface area contributed by atoms with Crippen LogP contribution in [-0.2, 0) is 4.43 Å². The minimum Gasteiger partial charge on any atom is -0.419 e. The minimum atomic E-state index is -0.778. The van der Waals surface area contributed by atoms with E-state index in [2.05, 4.69) is 26.9 Å². The van der Waals surface area contributed by atoms with Crippen molar-refractivity contribution in [3.63, 3.8) is 0 Å². The molecule has 0 aromatic rings. The highest BCUT2D eigenvalue weighted by atomic mass is 28.3. The maximum atomic E-state index is 5.79. The van der Waals surface area contributed by atoms with E-state index in [-0.39, 0.29) is 5.22 Å². The van der Waals surface area contributed by atoms with Crippen molar-refractivity contribution in [2.24, 2.45) is 0 Å². The van der Waals surface area contributed by atoms with Crippen LogP contribution >= 0.6 is 0 Å². The highest BCUT2D eigenvalue weighted by Crippen LogP contribution is 2.10. The number of hydrogen-bond donors (Lipinski definition) is 0. The fraction of sp³-hybridized carbons (Fsp3) is 1.00. The van der Waals surface area contributed by atoms with Crippen LogP contribution in [0.1, 0.15) is 20.3 Å². The molecule has 0 aliphatic carbocycles. The number of rotatable bonds is 3. The Morgan fingerprint density at radius 1 is 1.56 bits per heavy atom. The summed E-state index contributed by atoms with van der Waals surface area (Å²) >= 11 is 0. The molecule has 0 amide bonds. The van der Waals surface area contributed by atoms with Crippen LogP contribution < -0.4 is 0 Å². The molecule has 0 unspecified atom stereocenters. The van der Waals surface area contributed by atoms with Crippen LogP contribution in [0.25, 0.3) is 0 Å². The molecule has 1 atom stereocenters. The summed E-state index contributed by atoms with van der Waals surface area (Å²) in [7, 11) is 0.381. The average molecular weight is 162 g/mol. The molecule has 9 heavy (non-hydrogen) atoms. The summed E-state index contributed by atoms with van der Waals surface area (Å²) in [4.78, 5) is 0. The zero-order valence-corrected chi connectivity index (χ0v) is 10.3. The molecular weight excluding hydrogens is 144 g/mol. The molecule has 0 aromatic heterocycles. The van der Waals surface area contributed by atoms with E-state index in [1.807, 2.05) is 0 Å². The molecule has 0 aliphatic rings. The van der Waals surface area contributed by atoms with Gasteiger partial charge in [-0.05, 0) is 26.4 Å². The second-order valence-electron chi connectivity index (χ2n) is 3.28. The highest BCUT2D eigenvalue weighted by molar-refractivity contribution is 6.49. The predicted octanol–water partition coefficient (Wildman–Crippen LogP) is 0.478. The summed E-state index contributed by atoms with van der Waals surface area (Å²) in [5.74, 6) is 0. The van der Waals surface area contributed by atoms with Gasteiger partial charge in [-0.1, -0.05) is 6.92 Å². The van der Waals surface area contributed by atoms with E-state index >= 15 is 0 Å². The van der Waals surface area contributed by atoms with Gasteiger partial charge in [-0.2, -0.15) is 0 Å². The second-order valence-corrected chi connectivity index (χ2v) is 7.73. The van der Waals surface area contributed by atoms with E-state index in [4.69, 9.17) is 4.43 Å². The maximum absolute atomic E-state index is 5.79. The topological polar surface area (TPSA) is 9.23 Å². The smallest absolute Gasteiger partial charge is 0.171 e. The Balaban J connectivity index is 3.58. The third kappa shape index (κ3) is 4.87. The van der Waals surface area contributed by atoms with E-state index in [9.17, 15) is 0 Å². The Hall–Kier alpha value is 0.394. The summed E-state index contributed by atoms with van der Waals surface area (Å²) < 4.78 is 5.79. The molecule has 1 nitrogen and oxygen atoms in total. The van der Waals surface area contributed by atoms with Gasteiger partial charge in [-0.15, -0.1) is 0 Å². The van der Waals surface area contributed by atoms with Crippen LogP contribution in [0, 0.1) is 0 Å². The third-order valence-corrected chi connectivity index (χ3v) is 3.93. The van der Waals surface area contributed by atoms with Gasteiger partial charge in [0.15, 0.2) is 9.04 Å². The molecule has 0 saturated heterocycles. The SMILES string of the molecule is CC[C@](C)([SiH3])O[SiH](C)C. The van der Waals surface area contributed by atoms with Crippen LogP contribution in [0.5, 0.6) is 0 Å². The molecule has 0 bridgehead atoms. The quantitative estimate of drug-likeness (QED) is 0.549. The van der Waals surface area contributed by atoms with Crippen molar-refractivity contribution in [2.75, 3.05) is 0 Å². The van der Waals surface area contributed by atoms with Crippen molar-refractivity contribution in [3.8, 4) is 0 Å². The molecule has 0 radical (unpaired) electrons. The molecule has 0 rings (SSSR count). The van der Waals surface area contributed by atoms with Gasteiger partial charge in [-0.25, -0.2) is 0 Å². The van der Waals surface area contributed by atoms with Gasteiger partial charge in [0.1, 0.15) is 0 Å². The first-order valence-corrected chi connectivity index (χ1v) is 7.44. The maximum Gasteiger partial charge on any atom is 0.171 e. The van der Waals surface area contributed by atoms with Crippen molar-refractivity contribution < 1.29 is 4.43 Å². The van der Waals surface area contributed by atoms with E-state index in [1.54, 1.807) is 0 Å². The second kappa shape index (κ2) is 3.53. The molecule has 3 heteroatoms. The van der Waals surface area contributed by atoms with E-state index in [0.717, 1.165) is 10.2 Å². The van der Waals surface area contributed by atoms with Crippen molar-refractivity contribution in [2.45, 2.75) is 38.6 Å². The van der Waals surface area contributed by atoms with Crippen molar-refractivity contribution >= 4 is 19.3 Å². The van der Waals surface area contributed by atoms with Crippen LogP contribution in [0.15, 0.2) is 0 Å². The summed E-state index contributed by atoms with van der Waals surface area (Å²) in [6.07, 6.45) is 1.17. The average Bonchev–Trinajstić information content (AvgIpc) is 1.63. The summed E-state index contributed by atoms with van der Waals surface area (Å²) in [6.45, 7) is 8.87. The molecule has 0 aromatic carbocycles. The lowest BCUT2D eigenvalue weighted by Gasteiger charge is -2.26. The molecule has 0 aliphatic heterocycles. The first-order valence-electron chi connectivity index (χ1n) is 3.66. The first-order chi connectivity index (χ1) is 3.98. The highest BCUT2D eigenvalue weighted by Gasteiger charge is 2.16. The lowest BCUT2D eigenvalue weighted by atomic mass is 10.3. The lowest BCUT2D eigenvalue weighted by Crippen LogP contribution is -2.32. The first kappa shape index (κ1) is 9.39. The fourth-order valence-corrected chi connectivity index (χ4v) is 3.58. The van der Waals surface area contributed by atoms with Gasteiger partial charge in [0.05, 0.1) is 0 Å². The molecule has 56 valence electrons. The standard InChI is InChI=1S/C6H18OSi2/c1-5-6(2,8)7-9(3)4/h9H,5H2,1-4,8H3/t6-/m0/s1. The van der Waals surface area contributed by atoms with Crippen LogP contribution in [0.4, 0.5) is 0 Å². The molecule has 0 spiro atoms. The van der Waals surface area contributed by atoms with Gasteiger partial charge in [0.25, 0.3) is 0 Å². The van der Waals surface area contributed by atoms with Crippen molar-refractivity contribution in [1.29, 1.82) is 0 Å². The third-order valence-electron chi connectivity index (χ3n) is 1.41. The van der Waals surface area contributed by atoms with E-state index in [1.165, 1.54) is 6.42 Å². The molecule has 0 fully saturated rings. The van der Waals surface area contributed by atoms with E-state index in [0.29, 0.717) is 0 Å². The van der Waals surface area contributed by atoms with Gasteiger partial charge in [0.2, 0.25) is 0 Å². The molecule has 0 saturated carbocycles. The summed E-state index contributed by atoms with van der Waals surface area (Å²) in [6, 6.07) is 0.